The van der Waals surface area contributed by atoms with Gasteiger partial charge in [-0.3, -0.25) is 0 Å². The molecule has 1 heterocycles. The maximum absolute atomic E-state index is 11.9. The normalized spacial score (nSPS) is 13.4. The van der Waals surface area contributed by atoms with E-state index in [2.05, 4.69) is 10.6 Å². The summed E-state index contributed by atoms with van der Waals surface area (Å²) in [6.45, 7) is 1.27. The van der Waals surface area contributed by atoms with Crippen LogP contribution in [0.3, 0.4) is 0 Å². The highest BCUT2D eigenvalue weighted by Crippen LogP contribution is 2.17. The number of amides is 2. The van der Waals surface area contributed by atoms with Crippen LogP contribution in [0.2, 0.25) is 0 Å². The molecule has 0 saturated heterocycles. The summed E-state index contributed by atoms with van der Waals surface area (Å²) in [5.74, 6) is -0.0887. The first kappa shape index (κ1) is 19.1. The number of ether oxygens (including phenoxy) is 4. The molecule has 1 aliphatic rings. The molecule has 1 aliphatic heterocycles. The van der Waals surface area contributed by atoms with E-state index in [1.54, 1.807) is 38.3 Å². The Balaban J connectivity index is 1.88. The predicted molar refractivity (Wildman–Crippen MR) is 89.6 cm³/mol. The smallest absolute Gasteiger partial charge is 0.344 e. The van der Waals surface area contributed by atoms with E-state index in [0.717, 1.165) is 0 Å². The lowest BCUT2D eigenvalue weighted by Crippen LogP contribution is -2.45. The fourth-order valence-electron chi connectivity index (χ4n) is 2.08. The van der Waals surface area contributed by atoms with Crippen molar-refractivity contribution in [1.82, 2.24) is 10.6 Å². The quantitative estimate of drug-likeness (QED) is 0.655. The van der Waals surface area contributed by atoms with E-state index >= 15 is 0 Å². The van der Waals surface area contributed by atoms with Gasteiger partial charge in [0.05, 0.1) is 31.5 Å². The molecule has 0 bridgehead atoms. The van der Waals surface area contributed by atoms with Gasteiger partial charge in [0.1, 0.15) is 18.1 Å². The summed E-state index contributed by atoms with van der Waals surface area (Å²) in [4.78, 5) is 35.1. The molecule has 9 nitrogen and oxygen atoms in total. The van der Waals surface area contributed by atoms with Crippen molar-refractivity contribution in [3.8, 4) is 11.5 Å². The second-order valence-electron chi connectivity index (χ2n) is 5.11. The predicted octanol–water partition coefficient (Wildman–Crippen LogP) is 0.747. The Hall–Kier alpha value is -3.23. The van der Waals surface area contributed by atoms with E-state index in [1.165, 1.54) is 0 Å². The van der Waals surface area contributed by atoms with Gasteiger partial charge in [-0.1, -0.05) is 0 Å². The van der Waals surface area contributed by atoms with Gasteiger partial charge >= 0.3 is 18.0 Å². The summed E-state index contributed by atoms with van der Waals surface area (Å²) >= 11 is 0. The van der Waals surface area contributed by atoms with Crippen molar-refractivity contribution in [2.75, 3.05) is 33.5 Å². The standard InChI is InChI=1S/C17H20N2O7/c1-3-24-16(21)13-8-18-17(22)19-14(13)9-26-15(20)10-25-12-6-4-11(23-2)5-7-12/h4-7H,3,8-10H2,1-2H3,(H2,18,19,22). The molecule has 26 heavy (non-hydrogen) atoms. The zero-order valence-electron chi connectivity index (χ0n) is 14.5. The van der Waals surface area contributed by atoms with Gasteiger partial charge in [0.25, 0.3) is 0 Å². The molecule has 0 fully saturated rings. The zero-order valence-corrected chi connectivity index (χ0v) is 14.5. The molecule has 0 aromatic heterocycles. The van der Waals surface area contributed by atoms with Crippen molar-refractivity contribution >= 4 is 18.0 Å². The number of hydrogen-bond acceptors (Lipinski definition) is 7. The molecular formula is C17H20N2O7. The summed E-state index contributed by atoms with van der Waals surface area (Å²) < 4.78 is 20.3. The van der Waals surface area contributed by atoms with Crippen LogP contribution in [0, 0.1) is 0 Å². The number of rotatable bonds is 8. The van der Waals surface area contributed by atoms with E-state index in [1.807, 2.05) is 0 Å². The zero-order chi connectivity index (χ0) is 18.9. The Labute approximate surface area is 150 Å². The number of esters is 2. The number of carbonyl (C=O) groups is 3. The van der Waals surface area contributed by atoms with Gasteiger partial charge in [0.15, 0.2) is 6.61 Å². The third-order valence-corrected chi connectivity index (χ3v) is 3.37. The highest BCUT2D eigenvalue weighted by atomic mass is 16.6. The van der Waals surface area contributed by atoms with Gasteiger partial charge < -0.3 is 29.6 Å². The molecule has 0 atom stereocenters. The molecule has 2 rings (SSSR count). The van der Waals surface area contributed by atoms with Gasteiger partial charge in [-0.25, -0.2) is 14.4 Å². The number of urea groups is 1. The summed E-state index contributed by atoms with van der Waals surface area (Å²) in [6, 6.07) is 6.21. The molecule has 0 saturated carbocycles. The third-order valence-electron chi connectivity index (χ3n) is 3.37. The van der Waals surface area contributed by atoms with Crippen LogP contribution in [-0.2, 0) is 19.1 Å². The molecule has 0 radical (unpaired) electrons. The van der Waals surface area contributed by atoms with Gasteiger partial charge in [-0.15, -0.1) is 0 Å². The van der Waals surface area contributed by atoms with Gasteiger partial charge in [0.2, 0.25) is 0 Å². The van der Waals surface area contributed by atoms with Crippen molar-refractivity contribution in [1.29, 1.82) is 0 Å². The molecule has 2 N–H and O–H groups in total. The van der Waals surface area contributed by atoms with Crippen LogP contribution in [0.1, 0.15) is 6.92 Å². The van der Waals surface area contributed by atoms with Gasteiger partial charge in [0, 0.05) is 0 Å². The van der Waals surface area contributed by atoms with E-state index < -0.39 is 18.0 Å². The minimum Gasteiger partial charge on any atom is -0.497 e. The fraction of sp³-hybridized carbons (Fsp3) is 0.353. The molecule has 2 amide bonds. The van der Waals surface area contributed by atoms with Crippen molar-refractivity contribution in [3.05, 3.63) is 35.5 Å². The van der Waals surface area contributed by atoms with Crippen molar-refractivity contribution in [3.63, 3.8) is 0 Å². The maximum Gasteiger partial charge on any atom is 0.344 e. The maximum atomic E-state index is 11.9. The molecule has 1 aromatic rings. The van der Waals surface area contributed by atoms with Crippen molar-refractivity contribution in [2.45, 2.75) is 6.92 Å². The average Bonchev–Trinajstić information content (AvgIpc) is 2.65. The lowest BCUT2D eigenvalue weighted by atomic mass is 10.2. The third kappa shape index (κ3) is 5.40. The molecule has 140 valence electrons. The van der Waals surface area contributed by atoms with Crippen LogP contribution in [0.5, 0.6) is 11.5 Å². The van der Waals surface area contributed by atoms with E-state index in [4.69, 9.17) is 18.9 Å². The fourth-order valence-corrected chi connectivity index (χ4v) is 2.08. The summed E-state index contributed by atoms with van der Waals surface area (Å²) in [7, 11) is 1.55. The SMILES string of the molecule is CCOC(=O)C1=C(COC(=O)COc2ccc(OC)cc2)NC(=O)NC1. The lowest BCUT2D eigenvalue weighted by Gasteiger charge is -2.21. The summed E-state index contributed by atoms with van der Waals surface area (Å²) in [5.41, 5.74) is 0.389. The van der Waals surface area contributed by atoms with Crippen LogP contribution < -0.4 is 20.1 Å². The van der Waals surface area contributed by atoms with Crippen LogP contribution in [-0.4, -0.2) is 51.4 Å². The molecule has 0 spiro atoms. The molecule has 1 aromatic carbocycles. The number of hydrogen-bond donors (Lipinski definition) is 2. The van der Waals surface area contributed by atoms with Crippen molar-refractivity contribution in [2.24, 2.45) is 0 Å². The topological polar surface area (TPSA) is 112 Å². The minimum atomic E-state index is -0.649. The Kier molecular flexibility index (Phi) is 6.84. The molecule has 9 heteroatoms. The van der Waals surface area contributed by atoms with Gasteiger partial charge in [-0.2, -0.15) is 0 Å². The Morgan fingerprint density at radius 3 is 2.46 bits per heavy atom. The summed E-state index contributed by atoms with van der Waals surface area (Å²) in [5, 5.41) is 4.91. The highest BCUT2D eigenvalue weighted by molar-refractivity contribution is 5.93. The molecular weight excluding hydrogens is 344 g/mol. The minimum absolute atomic E-state index is 0.000100. The van der Waals surface area contributed by atoms with Crippen molar-refractivity contribution < 1.29 is 33.3 Å². The van der Waals surface area contributed by atoms with E-state index in [9.17, 15) is 14.4 Å². The largest absolute Gasteiger partial charge is 0.497 e. The summed E-state index contributed by atoms with van der Waals surface area (Å²) in [6.07, 6.45) is 0. The second kappa shape index (κ2) is 9.30. The first-order chi connectivity index (χ1) is 12.5. The van der Waals surface area contributed by atoms with Crippen LogP contribution in [0.15, 0.2) is 35.5 Å². The Bertz CT molecular complexity index is 698. The highest BCUT2D eigenvalue weighted by Gasteiger charge is 2.24. The average molecular weight is 364 g/mol. The monoisotopic (exact) mass is 364 g/mol. The number of nitrogens with one attached hydrogen (secondary N) is 2. The number of methoxy groups -OCH3 is 1. The van der Waals surface area contributed by atoms with Gasteiger partial charge in [-0.05, 0) is 31.2 Å². The first-order valence-corrected chi connectivity index (χ1v) is 7.90. The molecule has 0 aliphatic carbocycles. The Morgan fingerprint density at radius 1 is 1.12 bits per heavy atom. The van der Waals surface area contributed by atoms with Crippen LogP contribution in [0.25, 0.3) is 0 Å². The first-order valence-electron chi connectivity index (χ1n) is 7.90. The van der Waals surface area contributed by atoms with E-state index in [0.29, 0.717) is 11.5 Å². The van der Waals surface area contributed by atoms with E-state index in [-0.39, 0.29) is 37.6 Å². The second-order valence-corrected chi connectivity index (χ2v) is 5.11. The Morgan fingerprint density at radius 2 is 1.81 bits per heavy atom. The molecule has 0 unspecified atom stereocenters. The van der Waals surface area contributed by atoms with Crippen LogP contribution in [0.4, 0.5) is 4.79 Å². The number of benzene rings is 1. The number of carbonyl (C=O) groups excluding carboxylic acids is 3. The van der Waals surface area contributed by atoms with Crippen LogP contribution >= 0.6 is 0 Å². The lowest BCUT2D eigenvalue weighted by molar-refractivity contribution is -0.145.